The summed E-state index contributed by atoms with van der Waals surface area (Å²) in [5.74, 6) is 0.845. The van der Waals surface area contributed by atoms with Crippen LogP contribution < -0.4 is 5.32 Å². The summed E-state index contributed by atoms with van der Waals surface area (Å²) in [5, 5.41) is 1.93. The van der Waals surface area contributed by atoms with Crippen molar-refractivity contribution in [3.63, 3.8) is 0 Å². The molecule has 0 radical (unpaired) electrons. The van der Waals surface area contributed by atoms with Crippen LogP contribution in [0.15, 0.2) is 52.0 Å². The van der Waals surface area contributed by atoms with Crippen LogP contribution in [0.3, 0.4) is 0 Å². The van der Waals surface area contributed by atoms with Gasteiger partial charge in [-0.2, -0.15) is 4.31 Å². The number of nitrogens with two attached hydrogens (primary N) is 1. The average molecular weight is 393 g/mol. The van der Waals surface area contributed by atoms with Crippen LogP contribution in [0.4, 0.5) is 0 Å². The highest BCUT2D eigenvalue weighted by molar-refractivity contribution is 7.89. The highest BCUT2D eigenvalue weighted by Crippen LogP contribution is 2.18. The highest BCUT2D eigenvalue weighted by atomic mass is 32.2. The van der Waals surface area contributed by atoms with Crippen LogP contribution >= 0.6 is 0 Å². The third kappa shape index (κ3) is 4.58. The van der Waals surface area contributed by atoms with Gasteiger partial charge in [0.25, 0.3) is 5.91 Å². The molecule has 0 aliphatic carbocycles. The lowest BCUT2D eigenvalue weighted by Crippen LogP contribution is -2.87. The fraction of sp³-hybridized carbons (Fsp3) is 0.421. The van der Waals surface area contributed by atoms with Crippen molar-refractivity contribution in [1.82, 2.24) is 9.21 Å². The Morgan fingerprint density at radius 2 is 1.81 bits per heavy atom. The largest absolute Gasteiger partial charge is 0.463 e. The smallest absolute Gasteiger partial charge is 0.277 e. The molecule has 1 amide bonds. The van der Waals surface area contributed by atoms with Crippen LogP contribution in [-0.2, 0) is 14.8 Å². The van der Waals surface area contributed by atoms with E-state index in [1.807, 2.05) is 31.3 Å². The van der Waals surface area contributed by atoms with Gasteiger partial charge in [0.2, 0.25) is 10.0 Å². The molecule has 1 fully saturated rings. The molecular weight excluding hydrogens is 366 g/mol. The summed E-state index contributed by atoms with van der Waals surface area (Å²) in [5.41, 5.74) is 1.02. The Morgan fingerprint density at radius 1 is 1.15 bits per heavy atom. The van der Waals surface area contributed by atoms with Crippen LogP contribution in [0.25, 0.3) is 0 Å². The summed E-state index contributed by atoms with van der Waals surface area (Å²) in [7, 11) is -3.51. The molecule has 8 heteroatoms. The first-order valence-corrected chi connectivity index (χ1v) is 10.5. The number of sulfonamides is 1. The molecule has 7 nitrogen and oxygen atoms in total. The Balaban J connectivity index is 1.52. The van der Waals surface area contributed by atoms with Crippen molar-refractivity contribution < 1.29 is 22.9 Å². The van der Waals surface area contributed by atoms with Crippen LogP contribution in [0.2, 0.25) is 0 Å². The van der Waals surface area contributed by atoms with E-state index < -0.39 is 10.0 Å². The SMILES string of the molecule is Cc1ccc(S(=O)(=O)N2CCN(C(=O)C[NH2+][C@H](C)c3ccco3)CC2)cc1. The molecule has 1 aromatic carbocycles. The lowest BCUT2D eigenvalue weighted by molar-refractivity contribution is -0.685. The van der Waals surface area contributed by atoms with Gasteiger partial charge in [0.15, 0.2) is 12.3 Å². The van der Waals surface area contributed by atoms with Gasteiger partial charge < -0.3 is 14.6 Å². The van der Waals surface area contributed by atoms with Crippen molar-refractivity contribution >= 4 is 15.9 Å². The summed E-state index contributed by atoms with van der Waals surface area (Å²) in [6.45, 7) is 5.67. The lowest BCUT2D eigenvalue weighted by atomic mass is 10.2. The summed E-state index contributed by atoms with van der Waals surface area (Å²) < 4.78 is 32.3. The molecule has 0 spiro atoms. The Bertz CT molecular complexity index is 855. The number of aryl methyl sites for hydroxylation is 1. The van der Waals surface area contributed by atoms with Gasteiger partial charge in [-0.25, -0.2) is 8.42 Å². The second-order valence-corrected chi connectivity index (χ2v) is 8.78. The van der Waals surface area contributed by atoms with E-state index in [2.05, 4.69) is 0 Å². The van der Waals surface area contributed by atoms with Gasteiger partial charge in [-0.1, -0.05) is 17.7 Å². The second-order valence-electron chi connectivity index (χ2n) is 6.84. The van der Waals surface area contributed by atoms with Gasteiger partial charge in [-0.3, -0.25) is 4.79 Å². The topological polar surface area (TPSA) is 87.4 Å². The zero-order chi connectivity index (χ0) is 19.4. The maximum atomic E-state index is 12.7. The number of benzene rings is 1. The molecule has 146 valence electrons. The summed E-state index contributed by atoms with van der Waals surface area (Å²) in [6.07, 6.45) is 1.62. The third-order valence-electron chi connectivity index (χ3n) is 4.89. The van der Waals surface area contributed by atoms with Gasteiger partial charge in [-0.05, 0) is 38.1 Å². The molecular formula is C19H26N3O4S+. The fourth-order valence-electron chi connectivity index (χ4n) is 3.11. The van der Waals surface area contributed by atoms with Crippen molar-refractivity contribution in [2.45, 2.75) is 24.8 Å². The molecule has 0 saturated carbocycles. The van der Waals surface area contributed by atoms with E-state index in [-0.39, 0.29) is 11.9 Å². The maximum absolute atomic E-state index is 12.7. The third-order valence-corrected chi connectivity index (χ3v) is 6.80. The molecule has 2 aromatic rings. The Labute approximate surface area is 160 Å². The predicted octanol–water partition coefficient (Wildman–Crippen LogP) is 0.746. The predicted molar refractivity (Wildman–Crippen MR) is 100 cm³/mol. The normalized spacial score (nSPS) is 17.0. The highest BCUT2D eigenvalue weighted by Gasteiger charge is 2.30. The number of nitrogens with zero attached hydrogens (tertiary/aromatic N) is 2. The number of quaternary nitrogens is 1. The van der Waals surface area contributed by atoms with Gasteiger partial charge >= 0.3 is 0 Å². The van der Waals surface area contributed by atoms with E-state index in [4.69, 9.17) is 4.42 Å². The number of hydrogen-bond acceptors (Lipinski definition) is 4. The minimum atomic E-state index is -3.51. The maximum Gasteiger partial charge on any atom is 0.277 e. The Hall–Kier alpha value is -2.16. The van der Waals surface area contributed by atoms with E-state index in [1.54, 1.807) is 35.4 Å². The van der Waals surface area contributed by atoms with E-state index >= 15 is 0 Å². The van der Waals surface area contributed by atoms with Crippen LogP contribution in [0.5, 0.6) is 0 Å². The quantitative estimate of drug-likeness (QED) is 0.786. The minimum absolute atomic E-state index is 0.0146. The fourth-order valence-corrected chi connectivity index (χ4v) is 4.53. The molecule has 3 rings (SSSR count). The summed E-state index contributed by atoms with van der Waals surface area (Å²) >= 11 is 0. The van der Waals surface area contributed by atoms with Gasteiger partial charge in [0.1, 0.15) is 6.04 Å². The zero-order valence-electron chi connectivity index (χ0n) is 15.7. The lowest BCUT2D eigenvalue weighted by Gasteiger charge is -2.33. The Morgan fingerprint density at radius 3 is 2.41 bits per heavy atom. The molecule has 0 bridgehead atoms. The first-order chi connectivity index (χ1) is 12.9. The van der Waals surface area contributed by atoms with Gasteiger partial charge in [-0.15, -0.1) is 0 Å². The van der Waals surface area contributed by atoms with Crippen molar-refractivity contribution in [3.8, 4) is 0 Å². The van der Waals surface area contributed by atoms with E-state index in [1.165, 1.54) is 4.31 Å². The van der Waals surface area contributed by atoms with Crippen LogP contribution in [-0.4, -0.2) is 56.3 Å². The van der Waals surface area contributed by atoms with E-state index in [0.29, 0.717) is 37.6 Å². The molecule has 1 aromatic heterocycles. The van der Waals surface area contributed by atoms with Crippen molar-refractivity contribution in [1.29, 1.82) is 0 Å². The monoisotopic (exact) mass is 392 g/mol. The summed E-state index contributed by atoms with van der Waals surface area (Å²) in [6, 6.07) is 10.6. The molecule has 1 saturated heterocycles. The molecule has 1 aliphatic heterocycles. The molecule has 1 aliphatic rings. The molecule has 0 unspecified atom stereocenters. The number of carbonyl (C=O) groups is 1. The standard InChI is InChI=1S/C19H25N3O4S/c1-15-5-7-17(8-6-15)27(24,25)22-11-9-21(10-12-22)19(23)14-20-16(2)18-4-3-13-26-18/h3-8,13,16,20H,9-12,14H2,1-2H3/p+1/t16-/m1/s1. The van der Waals surface area contributed by atoms with Crippen molar-refractivity contribution in [3.05, 3.63) is 54.0 Å². The van der Waals surface area contributed by atoms with Crippen molar-refractivity contribution in [2.75, 3.05) is 32.7 Å². The van der Waals surface area contributed by atoms with E-state index in [9.17, 15) is 13.2 Å². The zero-order valence-corrected chi connectivity index (χ0v) is 16.5. The van der Waals surface area contributed by atoms with Gasteiger partial charge in [0.05, 0.1) is 11.2 Å². The number of amides is 1. The molecule has 2 N–H and O–H groups in total. The van der Waals surface area contributed by atoms with Gasteiger partial charge in [0, 0.05) is 26.2 Å². The first-order valence-electron chi connectivity index (χ1n) is 9.09. The molecule has 2 heterocycles. The summed E-state index contributed by atoms with van der Waals surface area (Å²) in [4.78, 5) is 14.5. The number of carbonyl (C=O) groups excluding carboxylic acids is 1. The number of piperazine rings is 1. The van der Waals surface area contributed by atoms with Crippen molar-refractivity contribution in [2.24, 2.45) is 0 Å². The second kappa shape index (κ2) is 8.24. The van der Waals surface area contributed by atoms with Crippen LogP contribution in [0, 0.1) is 6.92 Å². The van der Waals surface area contributed by atoms with Crippen LogP contribution in [0.1, 0.15) is 24.3 Å². The Kier molecular flexibility index (Phi) is 5.98. The molecule has 27 heavy (non-hydrogen) atoms. The number of hydrogen-bond donors (Lipinski definition) is 1. The number of furan rings is 1. The minimum Gasteiger partial charge on any atom is -0.463 e. The van der Waals surface area contributed by atoms with E-state index in [0.717, 1.165) is 11.3 Å². The average Bonchev–Trinajstić information content (AvgIpc) is 3.21. The number of rotatable bonds is 6. The first kappa shape index (κ1) is 19.6. The molecule has 1 atom stereocenters.